The number of aromatic nitrogens is 2. The van der Waals surface area contributed by atoms with Gasteiger partial charge in [0, 0.05) is 25.7 Å². The number of rotatable bonds is 5. The van der Waals surface area contributed by atoms with Crippen molar-refractivity contribution in [3.63, 3.8) is 0 Å². The summed E-state index contributed by atoms with van der Waals surface area (Å²) in [6, 6.07) is 14.2. The molecule has 6 heteroatoms. The van der Waals surface area contributed by atoms with Crippen molar-refractivity contribution in [1.29, 1.82) is 0 Å². The second kappa shape index (κ2) is 7.76. The van der Waals surface area contributed by atoms with Crippen LogP contribution in [0.3, 0.4) is 0 Å². The van der Waals surface area contributed by atoms with Crippen molar-refractivity contribution in [3.05, 3.63) is 77.1 Å². The van der Waals surface area contributed by atoms with Crippen LogP contribution in [0.1, 0.15) is 40.6 Å². The molecule has 5 rings (SSSR count). The van der Waals surface area contributed by atoms with Crippen LogP contribution in [0.4, 0.5) is 0 Å². The van der Waals surface area contributed by atoms with Crippen LogP contribution in [0, 0.1) is 5.92 Å². The molecule has 1 aliphatic carbocycles. The smallest absolute Gasteiger partial charge is 0.227 e. The largest absolute Gasteiger partial charge is 0.493 e. The molecule has 0 N–H and O–H groups in total. The Morgan fingerprint density at radius 3 is 2.48 bits per heavy atom. The van der Waals surface area contributed by atoms with Gasteiger partial charge in [0.1, 0.15) is 0 Å². The molecule has 1 amide bonds. The van der Waals surface area contributed by atoms with Crippen LogP contribution in [0.15, 0.2) is 54.9 Å². The van der Waals surface area contributed by atoms with Gasteiger partial charge in [-0.1, -0.05) is 30.3 Å². The first-order chi connectivity index (χ1) is 15.1. The Kier molecular flexibility index (Phi) is 4.93. The summed E-state index contributed by atoms with van der Waals surface area (Å²) in [6.07, 6.45) is 5.60. The van der Waals surface area contributed by atoms with Crippen LogP contribution in [-0.4, -0.2) is 41.4 Å². The minimum absolute atomic E-state index is 0.0251. The number of methoxy groups -OCH3 is 2. The number of hydrogen-bond acceptors (Lipinski definition) is 4. The molecule has 0 radical (unpaired) electrons. The Morgan fingerprint density at radius 2 is 1.81 bits per heavy atom. The van der Waals surface area contributed by atoms with Gasteiger partial charge in [-0.05, 0) is 53.1 Å². The number of hydrogen-bond donors (Lipinski definition) is 0. The van der Waals surface area contributed by atoms with Gasteiger partial charge in [0.2, 0.25) is 5.91 Å². The molecule has 0 unspecified atom stereocenters. The van der Waals surface area contributed by atoms with Crippen LogP contribution in [0.25, 0.3) is 0 Å². The summed E-state index contributed by atoms with van der Waals surface area (Å²) in [5.74, 6) is 1.94. The lowest BCUT2D eigenvalue weighted by molar-refractivity contribution is -0.134. The molecule has 0 spiro atoms. The average molecular weight is 418 g/mol. The average Bonchev–Trinajstić information content (AvgIpc) is 3.50. The molecular formula is C25H27N3O3. The van der Waals surface area contributed by atoms with Gasteiger partial charge < -0.3 is 14.4 Å². The molecule has 31 heavy (non-hydrogen) atoms. The summed E-state index contributed by atoms with van der Waals surface area (Å²) in [6.45, 7) is 0.692. The lowest BCUT2D eigenvalue weighted by Gasteiger charge is -2.38. The number of benzene rings is 2. The van der Waals surface area contributed by atoms with E-state index >= 15 is 0 Å². The van der Waals surface area contributed by atoms with Crippen LogP contribution >= 0.6 is 0 Å². The van der Waals surface area contributed by atoms with Gasteiger partial charge in [-0.3, -0.25) is 9.48 Å². The summed E-state index contributed by atoms with van der Waals surface area (Å²) in [5, 5.41) is 4.28. The molecule has 1 aromatic heterocycles. The first-order valence-corrected chi connectivity index (χ1v) is 10.7. The third kappa shape index (κ3) is 3.46. The van der Waals surface area contributed by atoms with Crippen molar-refractivity contribution in [2.24, 2.45) is 13.0 Å². The molecule has 1 aliphatic heterocycles. The molecule has 3 atom stereocenters. The maximum Gasteiger partial charge on any atom is 0.227 e. The molecule has 2 aromatic carbocycles. The molecule has 2 aliphatic rings. The minimum atomic E-state index is -0.132. The van der Waals surface area contributed by atoms with E-state index in [1.807, 2.05) is 43.7 Å². The van der Waals surface area contributed by atoms with E-state index in [4.69, 9.17) is 9.47 Å². The maximum atomic E-state index is 13.7. The summed E-state index contributed by atoms with van der Waals surface area (Å²) >= 11 is 0. The molecular weight excluding hydrogens is 390 g/mol. The van der Waals surface area contributed by atoms with Gasteiger partial charge in [-0.2, -0.15) is 5.10 Å². The van der Waals surface area contributed by atoms with E-state index < -0.39 is 0 Å². The van der Waals surface area contributed by atoms with Crippen LogP contribution in [0.2, 0.25) is 0 Å². The second-order valence-corrected chi connectivity index (χ2v) is 8.40. The Morgan fingerprint density at radius 1 is 1.06 bits per heavy atom. The Labute approximate surface area is 182 Å². The molecule has 2 heterocycles. The zero-order chi connectivity index (χ0) is 21.5. The lowest BCUT2D eigenvalue weighted by atomic mass is 9.87. The Bertz CT molecular complexity index is 1110. The van der Waals surface area contributed by atoms with Gasteiger partial charge in [0.05, 0.1) is 26.5 Å². The van der Waals surface area contributed by atoms with Gasteiger partial charge in [-0.25, -0.2) is 0 Å². The van der Waals surface area contributed by atoms with E-state index in [0.717, 1.165) is 35.3 Å². The highest BCUT2D eigenvalue weighted by Gasteiger charge is 2.48. The fraction of sp³-hybridized carbons (Fsp3) is 0.360. The number of carbonyl (C=O) groups excluding carboxylic acids is 1. The minimum Gasteiger partial charge on any atom is -0.493 e. The monoisotopic (exact) mass is 417 g/mol. The van der Waals surface area contributed by atoms with Crippen LogP contribution < -0.4 is 9.47 Å². The summed E-state index contributed by atoms with van der Waals surface area (Å²) in [7, 11) is 5.22. The van der Waals surface area contributed by atoms with Crippen LogP contribution in [-0.2, 0) is 18.3 Å². The standard InChI is InChI=1S/C25H27N3O3/c1-27-15-18(14-26-27)19-12-21(19)25(29)28-10-9-17-11-22(30-2)23(31-3)13-20(17)24(28)16-7-5-4-6-8-16/h4-8,11,13-15,19,21,24H,9-10,12H2,1-3H3/t19-,21-,24+/m1/s1. The van der Waals surface area contributed by atoms with E-state index in [0.29, 0.717) is 12.3 Å². The van der Waals surface area contributed by atoms with Gasteiger partial charge in [0.15, 0.2) is 11.5 Å². The number of aryl methyl sites for hydroxylation is 1. The third-order valence-electron chi connectivity index (χ3n) is 6.53. The van der Waals surface area contributed by atoms with Gasteiger partial charge >= 0.3 is 0 Å². The summed E-state index contributed by atoms with van der Waals surface area (Å²) in [4.78, 5) is 15.7. The van der Waals surface area contributed by atoms with Crippen molar-refractivity contribution in [2.75, 3.05) is 20.8 Å². The van der Waals surface area contributed by atoms with E-state index in [9.17, 15) is 4.79 Å². The first kappa shape index (κ1) is 19.7. The maximum absolute atomic E-state index is 13.7. The van der Waals surface area contributed by atoms with E-state index in [1.54, 1.807) is 18.9 Å². The quantitative estimate of drug-likeness (QED) is 0.635. The Balaban J connectivity index is 1.51. The zero-order valence-corrected chi connectivity index (χ0v) is 18.1. The topological polar surface area (TPSA) is 56.6 Å². The first-order valence-electron chi connectivity index (χ1n) is 10.7. The van der Waals surface area contributed by atoms with Crippen molar-refractivity contribution in [3.8, 4) is 11.5 Å². The number of nitrogens with zero attached hydrogens (tertiary/aromatic N) is 3. The Hall–Kier alpha value is -3.28. The molecule has 6 nitrogen and oxygen atoms in total. The van der Waals surface area contributed by atoms with Crippen molar-refractivity contribution in [2.45, 2.75) is 24.8 Å². The predicted octanol–water partition coefficient (Wildman–Crippen LogP) is 3.72. The molecule has 1 saturated carbocycles. The lowest BCUT2D eigenvalue weighted by Crippen LogP contribution is -2.41. The number of carbonyl (C=O) groups is 1. The highest BCUT2D eigenvalue weighted by atomic mass is 16.5. The van der Waals surface area contributed by atoms with E-state index in [-0.39, 0.29) is 23.8 Å². The van der Waals surface area contributed by atoms with Crippen molar-refractivity contribution in [1.82, 2.24) is 14.7 Å². The third-order valence-corrected chi connectivity index (χ3v) is 6.53. The molecule has 0 saturated heterocycles. The summed E-state index contributed by atoms with van der Waals surface area (Å²) < 4.78 is 12.9. The fourth-order valence-corrected chi connectivity index (χ4v) is 4.86. The molecule has 3 aromatic rings. The highest BCUT2D eigenvalue weighted by molar-refractivity contribution is 5.84. The normalized spacial score (nSPS) is 22.0. The molecule has 160 valence electrons. The second-order valence-electron chi connectivity index (χ2n) is 8.40. The number of fused-ring (bicyclic) bond motifs is 1. The van der Waals surface area contributed by atoms with Gasteiger partial charge in [-0.15, -0.1) is 0 Å². The molecule has 1 fully saturated rings. The van der Waals surface area contributed by atoms with Crippen molar-refractivity contribution >= 4 is 5.91 Å². The van der Waals surface area contributed by atoms with Crippen molar-refractivity contribution < 1.29 is 14.3 Å². The fourth-order valence-electron chi connectivity index (χ4n) is 4.86. The number of amides is 1. The van der Waals surface area contributed by atoms with Gasteiger partial charge in [0.25, 0.3) is 0 Å². The zero-order valence-electron chi connectivity index (χ0n) is 18.1. The SMILES string of the molecule is COc1cc2c(cc1OC)[C@H](c1ccccc1)N(C(=O)[C@@H]1C[C@@H]1c1cnn(C)c1)CC2. The van der Waals surface area contributed by atoms with E-state index in [1.165, 1.54) is 5.56 Å². The summed E-state index contributed by atoms with van der Waals surface area (Å²) in [5.41, 5.74) is 4.58. The van der Waals surface area contributed by atoms with E-state index in [2.05, 4.69) is 28.2 Å². The molecule has 0 bridgehead atoms. The van der Waals surface area contributed by atoms with Crippen LogP contribution in [0.5, 0.6) is 11.5 Å². The number of ether oxygens (including phenoxy) is 2. The predicted molar refractivity (Wildman–Crippen MR) is 117 cm³/mol. The highest BCUT2D eigenvalue weighted by Crippen LogP contribution is 2.50.